The summed E-state index contributed by atoms with van der Waals surface area (Å²) in [5.74, 6) is 0.285. The molecule has 2 heterocycles. The molecule has 0 aliphatic carbocycles. The van der Waals surface area contributed by atoms with Crippen molar-refractivity contribution in [2.24, 2.45) is 5.92 Å². The number of carbonyl (C=O) groups excluding carboxylic acids is 2. The van der Waals surface area contributed by atoms with E-state index in [2.05, 4.69) is 12.2 Å². The molecule has 19 heavy (non-hydrogen) atoms. The van der Waals surface area contributed by atoms with E-state index in [1.54, 1.807) is 7.05 Å². The molecule has 2 aliphatic rings. The first-order valence-corrected chi connectivity index (χ1v) is 7.00. The number of imide groups is 1. The number of rotatable bonds is 6. The first-order valence-electron chi connectivity index (χ1n) is 7.00. The third-order valence-corrected chi connectivity index (χ3v) is 3.80. The molecule has 0 aromatic heterocycles. The largest absolute Gasteiger partial charge is 0.381 e. The molecule has 2 fully saturated rings. The SMILES string of the molecule is CCCNC(CN1C(=O)CN(C)C1=O)C1CCOC1. The number of urea groups is 1. The average Bonchev–Trinajstić information content (AvgIpc) is 2.98. The zero-order chi connectivity index (χ0) is 13.8. The van der Waals surface area contributed by atoms with Crippen molar-refractivity contribution >= 4 is 11.9 Å². The third kappa shape index (κ3) is 3.25. The monoisotopic (exact) mass is 269 g/mol. The van der Waals surface area contributed by atoms with Gasteiger partial charge in [0.15, 0.2) is 0 Å². The fraction of sp³-hybridized carbons (Fsp3) is 0.846. The summed E-state index contributed by atoms with van der Waals surface area (Å²) in [6.45, 7) is 5.14. The molecule has 6 heteroatoms. The number of nitrogens with zero attached hydrogens (tertiary/aromatic N) is 2. The standard InChI is InChI=1S/C13H23N3O3/c1-3-5-14-11(10-4-6-19-9-10)7-16-12(17)8-15(2)13(16)18/h10-11,14H,3-9H2,1-2H3. The first-order chi connectivity index (χ1) is 9.13. The van der Waals surface area contributed by atoms with Gasteiger partial charge in [-0.2, -0.15) is 0 Å². The van der Waals surface area contributed by atoms with Gasteiger partial charge in [-0.3, -0.25) is 9.69 Å². The zero-order valence-electron chi connectivity index (χ0n) is 11.7. The van der Waals surface area contributed by atoms with Crippen LogP contribution in [0.25, 0.3) is 0 Å². The molecule has 0 aromatic carbocycles. The molecule has 0 saturated carbocycles. The smallest absolute Gasteiger partial charge is 0.327 e. The van der Waals surface area contributed by atoms with E-state index in [9.17, 15) is 9.59 Å². The molecule has 0 aromatic rings. The number of hydrogen-bond donors (Lipinski definition) is 1. The molecule has 108 valence electrons. The summed E-state index contributed by atoms with van der Waals surface area (Å²) in [6, 6.07) is -0.0472. The predicted molar refractivity (Wildman–Crippen MR) is 70.7 cm³/mol. The van der Waals surface area contributed by atoms with Crippen LogP contribution in [0, 0.1) is 5.92 Å². The summed E-state index contributed by atoms with van der Waals surface area (Å²) in [6.07, 6.45) is 2.03. The van der Waals surface area contributed by atoms with Crippen LogP contribution in [0.2, 0.25) is 0 Å². The summed E-state index contributed by atoms with van der Waals surface area (Å²) >= 11 is 0. The van der Waals surface area contributed by atoms with Gasteiger partial charge in [-0.25, -0.2) is 4.79 Å². The second-order valence-electron chi connectivity index (χ2n) is 5.33. The van der Waals surface area contributed by atoms with Gasteiger partial charge < -0.3 is 15.0 Å². The van der Waals surface area contributed by atoms with Crippen LogP contribution >= 0.6 is 0 Å². The van der Waals surface area contributed by atoms with Crippen molar-refractivity contribution in [2.75, 3.05) is 39.9 Å². The lowest BCUT2D eigenvalue weighted by Gasteiger charge is -2.27. The highest BCUT2D eigenvalue weighted by molar-refractivity contribution is 6.01. The molecule has 0 radical (unpaired) electrons. The van der Waals surface area contributed by atoms with Crippen LogP contribution < -0.4 is 5.32 Å². The van der Waals surface area contributed by atoms with Crippen molar-refractivity contribution < 1.29 is 14.3 Å². The Morgan fingerprint density at radius 3 is 2.79 bits per heavy atom. The minimum Gasteiger partial charge on any atom is -0.381 e. The van der Waals surface area contributed by atoms with Crippen LogP contribution in [0.3, 0.4) is 0 Å². The van der Waals surface area contributed by atoms with Gasteiger partial charge in [-0.15, -0.1) is 0 Å². The molecule has 2 unspecified atom stereocenters. The van der Waals surface area contributed by atoms with E-state index in [0.29, 0.717) is 19.1 Å². The first kappa shape index (κ1) is 14.3. The fourth-order valence-electron chi connectivity index (χ4n) is 2.63. The van der Waals surface area contributed by atoms with Gasteiger partial charge in [-0.1, -0.05) is 6.92 Å². The summed E-state index contributed by atoms with van der Waals surface area (Å²) in [5.41, 5.74) is 0. The van der Waals surface area contributed by atoms with E-state index in [-0.39, 0.29) is 24.5 Å². The summed E-state index contributed by atoms with van der Waals surface area (Å²) in [5, 5.41) is 3.45. The van der Waals surface area contributed by atoms with Gasteiger partial charge >= 0.3 is 6.03 Å². The van der Waals surface area contributed by atoms with E-state index in [1.807, 2.05) is 0 Å². The van der Waals surface area contributed by atoms with Crippen molar-refractivity contribution in [3.63, 3.8) is 0 Å². The number of carbonyl (C=O) groups is 2. The fourth-order valence-corrected chi connectivity index (χ4v) is 2.63. The van der Waals surface area contributed by atoms with Gasteiger partial charge in [0.25, 0.3) is 0 Å². The number of nitrogens with one attached hydrogen (secondary N) is 1. The van der Waals surface area contributed by atoms with Gasteiger partial charge in [-0.05, 0) is 19.4 Å². The van der Waals surface area contributed by atoms with Gasteiger partial charge in [0.05, 0.1) is 6.61 Å². The van der Waals surface area contributed by atoms with Crippen molar-refractivity contribution in [3.05, 3.63) is 0 Å². The molecule has 2 rings (SSSR count). The Kier molecular flexibility index (Phi) is 4.76. The average molecular weight is 269 g/mol. The number of amides is 3. The molecule has 2 saturated heterocycles. The topological polar surface area (TPSA) is 61.9 Å². The van der Waals surface area contributed by atoms with Crippen molar-refractivity contribution in [1.29, 1.82) is 0 Å². The molecule has 1 N–H and O–H groups in total. The van der Waals surface area contributed by atoms with Gasteiger partial charge in [0, 0.05) is 32.2 Å². The van der Waals surface area contributed by atoms with Crippen LogP contribution in [0.1, 0.15) is 19.8 Å². The van der Waals surface area contributed by atoms with E-state index < -0.39 is 0 Å². The normalized spacial score (nSPS) is 25.5. The van der Waals surface area contributed by atoms with Crippen LogP contribution in [-0.2, 0) is 9.53 Å². The van der Waals surface area contributed by atoms with Crippen LogP contribution in [0.5, 0.6) is 0 Å². The molecule has 2 atom stereocenters. The van der Waals surface area contributed by atoms with Crippen molar-refractivity contribution in [3.8, 4) is 0 Å². The molecule has 0 bridgehead atoms. The van der Waals surface area contributed by atoms with E-state index >= 15 is 0 Å². The zero-order valence-corrected chi connectivity index (χ0v) is 11.7. The lowest BCUT2D eigenvalue weighted by molar-refractivity contribution is -0.125. The van der Waals surface area contributed by atoms with Crippen molar-refractivity contribution in [1.82, 2.24) is 15.1 Å². The number of ether oxygens (including phenoxy) is 1. The van der Waals surface area contributed by atoms with Gasteiger partial charge in [0.2, 0.25) is 5.91 Å². The highest BCUT2D eigenvalue weighted by Gasteiger charge is 2.37. The molecular weight excluding hydrogens is 246 g/mol. The quantitative estimate of drug-likeness (QED) is 0.704. The lowest BCUT2D eigenvalue weighted by atomic mass is 9.98. The highest BCUT2D eigenvalue weighted by atomic mass is 16.5. The molecule has 0 spiro atoms. The predicted octanol–water partition coefficient (Wildman–Crippen LogP) is 0.285. The third-order valence-electron chi connectivity index (χ3n) is 3.80. The van der Waals surface area contributed by atoms with Crippen LogP contribution in [0.4, 0.5) is 4.79 Å². The second-order valence-corrected chi connectivity index (χ2v) is 5.33. The lowest BCUT2D eigenvalue weighted by Crippen LogP contribution is -2.48. The minimum absolute atomic E-state index is 0.102. The maximum Gasteiger partial charge on any atom is 0.327 e. The Labute approximate surface area is 114 Å². The highest BCUT2D eigenvalue weighted by Crippen LogP contribution is 2.19. The van der Waals surface area contributed by atoms with Gasteiger partial charge in [0.1, 0.15) is 6.54 Å². The maximum absolute atomic E-state index is 11.9. The molecule has 6 nitrogen and oxygen atoms in total. The second kappa shape index (κ2) is 6.34. The Morgan fingerprint density at radius 2 is 2.26 bits per heavy atom. The minimum atomic E-state index is -0.188. The maximum atomic E-state index is 11.9. The van der Waals surface area contributed by atoms with Crippen LogP contribution in [0.15, 0.2) is 0 Å². The molecular formula is C13H23N3O3. The summed E-state index contributed by atoms with van der Waals surface area (Å²) in [4.78, 5) is 26.6. The summed E-state index contributed by atoms with van der Waals surface area (Å²) in [7, 11) is 1.66. The van der Waals surface area contributed by atoms with Crippen LogP contribution in [-0.4, -0.2) is 67.7 Å². The van der Waals surface area contributed by atoms with E-state index in [0.717, 1.165) is 26.0 Å². The van der Waals surface area contributed by atoms with Crippen molar-refractivity contribution in [2.45, 2.75) is 25.8 Å². The Hall–Kier alpha value is -1.14. The number of likely N-dealkylation sites (N-methyl/N-ethyl adjacent to an activating group) is 1. The Balaban J connectivity index is 1.98. The Bertz CT molecular complexity index is 342. The molecule has 3 amide bonds. The Morgan fingerprint density at radius 1 is 1.47 bits per heavy atom. The van der Waals surface area contributed by atoms with E-state index in [4.69, 9.17) is 4.74 Å². The van der Waals surface area contributed by atoms with E-state index in [1.165, 1.54) is 9.80 Å². The molecule has 2 aliphatic heterocycles. The summed E-state index contributed by atoms with van der Waals surface area (Å²) < 4.78 is 5.42. The number of hydrogen-bond acceptors (Lipinski definition) is 4.